The maximum Gasteiger partial charge on any atom is 0.226 e. The summed E-state index contributed by atoms with van der Waals surface area (Å²) in [5.74, 6) is -0.0339. The number of anilines is 1. The molecule has 0 fully saturated rings. The molecular formula is C12H18N2O2. The Kier molecular flexibility index (Phi) is 5.53. The summed E-state index contributed by atoms with van der Waals surface area (Å²) in [6.07, 6.45) is 1.24. The zero-order valence-corrected chi connectivity index (χ0v) is 9.53. The first-order chi connectivity index (χ1) is 7.76. The molecule has 4 heteroatoms. The van der Waals surface area contributed by atoms with Crippen LogP contribution in [-0.2, 0) is 16.0 Å². The molecule has 0 aliphatic heterocycles. The van der Waals surface area contributed by atoms with E-state index in [-0.39, 0.29) is 5.91 Å². The van der Waals surface area contributed by atoms with Gasteiger partial charge in [0.2, 0.25) is 5.91 Å². The van der Waals surface area contributed by atoms with Gasteiger partial charge in [0.25, 0.3) is 0 Å². The highest BCUT2D eigenvalue weighted by molar-refractivity contribution is 5.90. The summed E-state index contributed by atoms with van der Waals surface area (Å²) in [4.78, 5) is 11.4. The van der Waals surface area contributed by atoms with Crippen molar-refractivity contribution in [3.8, 4) is 0 Å². The molecule has 0 spiro atoms. The number of hydrogen-bond donors (Lipinski definition) is 2. The minimum atomic E-state index is -0.0339. The van der Waals surface area contributed by atoms with Crippen molar-refractivity contribution < 1.29 is 9.53 Å². The Balaban J connectivity index is 2.45. The van der Waals surface area contributed by atoms with Crippen LogP contribution in [0.15, 0.2) is 24.3 Å². The minimum Gasteiger partial charge on any atom is -0.384 e. The summed E-state index contributed by atoms with van der Waals surface area (Å²) in [6.45, 7) is 1.08. The van der Waals surface area contributed by atoms with Crippen molar-refractivity contribution in [3.63, 3.8) is 0 Å². The molecule has 88 valence electrons. The van der Waals surface area contributed by atoms with E-state index in [1.807, 2.05) is 24.3 Å². The summed E-state index contributed by atoms with van der Waals surface area (Å²) >= 11 is 0. The molecule has 0 saturated carbocycles. The maximum absolute atomic E-state index is 11.4. The van der Waals surface area contributed by atoms with Gasteiger partial charge in [-0.25, -0.2) is 0 Å². The Morgan fingerprint density at radius 1 is 1.38 bits per heavy atom. The number of amides is 1. The summed E-state index contributed by atoms with van der Waals surface area (Å²) in [5, 5.41) is 2.80. The van der Waals surface area contributed by atoms with Crippen LogP contribution in [0.3, 0.4) is 0 Å². The van der Waals surface area contributed by atoms with Crippen LogP contribution < -0.4 is 11.1 Å². The summed E-state index contributed by atoms with van der Waals surface area (Å²) < 4.78 is 4.83. The minimum absolute atomic E-state index is 0.0339. The lowest BCUT2D eigenvalue weighted by Gasteiger charge is -2.05. The van der Waals surface area contributed by atoms with E-state index in [0.29, 0.717) is 19.6 Å². The van der Waals surface area contributed by atoms with Crippen molar-refractivity contribution in [2.45, 2.75) is 12.8 Å². The average molecular weight is 222 g/mol. The van der Waals surface area contributed by atoms with Crippen LogP contribution >= 0.6 is 0 Å². The van der Waals surface area contributed by atoms with Crippen LogP contribution in [-0.4, -0.2) is 26.2 Å². The van der Waals surface area contributed by atoms with Crippen LogP contribution in [0.5, 0.6) is 0 Å². The van der Waals surface area contributed by atoms with Crippen molar-refractivity contribution in [3.05, 3.63) is 29.8 Å². The fourth-order valence-corrected chi connectivity index (χ4v) is 1.34. The molecule has 0 bridgehead atoms. The normalized spacial score (nSPS) is 10.1. The topological polar surface area (TPSA) is 64.3 Å². The smallest absolute Gasteiger partial charge is 0.226 e. The van der Waals surface area contributed by atoms with Crippen molar-refractivity contribution in [2.75, 3.05) is 25.6 Å². The van der Waals surface area contributed by atoms with Gasteiger partial charge in [0.05, 0.1) is 13.0 Å². The second kappa shape index (κ2) is 6.98. The molecule has 0 radical (unpaired) electrons. The van der Waals surface area contributed by atoms with E-state index >= 15 is 0 Å². The maximum atomic E-state index is 11.4. The van der Waals surface area contributed by atoms with Crippen LogP contribution in [0.1, 0.15) is 12.0 Å². The third kappa shape index (κ3) is 4.42. The first-order valence-electron chi connectivity index (χ1n) is 5.34. The van der Waals surface area contributed by atoms with Gasteiger partial charge in [-0.1, -0.05) is 12.1 Å². The number of nitrogens with one attached hydrogen (secondary N) is 1. The van der Waals surface area contributed by atoms with Crippen LogP contribution in [0.25, 0.3) is 0 Å². The van der Waals surface area contributed by atoms with E-state index in [9.17, 15) is 4.79 Å². The van der Waals surface area contributed by atoms with Gasteiger partial charge in [0.1, 0.15) is 0 Å². The summed E-state index contributed by atoms with van der Waals surface area (Å²) in [6, 6.07) is 7.71. The highest BCUT2D eigenvalue weighted by Crippen LogP contribution is 2.10. The van der Waals surface area contributed by atoms with Crippen LogP contribution in [0, 0.1) is 0 Å². The van der Waals surface area contributed by atoms with Crippen molar-refractivity contribution in [1.82, 2.24) is 0 Å². The number of nitrogens with two attached hydrogens (primary N) is 1. The molecule has 0 aliphatic rings. The highest BCUT2D eigenvalue weighted by Gasteiger charge is 2.01. The van der Waals surface area contributed by atoms with Gasteiger partial charge in [0.15, 0.2) is 0 Å². The van der Waals surface area contributed by atoms with Crippen molar-refractivity contribution >= 4 is 11.6 Å². The largest absolute Gasteiger partial charge is 0.384 e. The lowest BCUT2D eigenvalue weighted by Crippen LogP contribution is -2.13. The molecule has 0 heterocycles. The molecule has 1 amide bonds. The van der Waals surface area contributed by atoms with Crippen molar-refractivity contribution in [1.29, 1.82) is 0 Å². The van der Waals surface area contributed by atoms with Crippen molar-refractivity contribution in [2.24, 2.45) is 5.73 Å². The Morgan fingerprint density at radius 2 is 2.06 bits per heavy atom. The van der Waals surface area contributed by atoms with E-state index in [0.717, 1.165) is 12.1 Å². The molecule has 1 aromatic carbocycles. The van der Waals surface area contributed by atoms with E-state index in [1.165, 1.54) is 5.56 Å². The molecule has 16 heavy (non-hydrogen) atoms. The van der Waals surface area contributed by atoms with Gasteiger partial charge in [-0.05, 0) is 30.7 Å². The lowest BCUT2D eigenvalue weighted by molar-refractivity contribution is -0.117. The standard InChI is InChI=1S/C12H18N2O2/c1-16-9-7-12(15)14-11-4-2-10(3-5-11)6-8-13/h2-5H,6-9,13H2,1H3,(H,14,15). The number of carbonyl (C=O) groups is 1. The molecule has 0 aromatic heterocycles. The Morgan fingerprint density at radius 3 is 2.62 bits per heavy atom. The molecule has 0 aliphatic carbocycles. The van der Waals surface area contributed by atoms with E-state index in [1.54, 1.807) is 7.11 Å². The number of rotatable bonds is 6. The number of ether oxygens (including phenoxy) is 1. The third-order valence-corrected chi connectivity index (χ3v) is 2.20. The molecule has 0 atom stereocenters. The molecule has 4 nitrogen and oxygen atoms in total. The van der Waals surface area contributed by atoms with E-state index < -0.39 is 0 Å². The Labute approximate surface area is 95.8 Å². The molecular weight excluding hydrogens is 204 g/mol. The van der Waals surface area contributed by atoms with Gasteiger partial charge >= 0.3 is 0 Å². The first kappa shape index (κ1) is 12.7. The highest BCUT2D eigenvalue weighted by atomic mass is 16.5. The van der Waals surface area contributed by atoms with E-state index in [2.05, 4.69) is 5.32 Å². The third-order valence-electron chi connectivity index (χ3n) is 2.20. The molecule has 0 unspecified atom stereocenters. The summed E-state index contributed by atoms with van der Waals surface area (Å²) in [7, 11) is 1.58. The van der Waals surface area contributed by atoms with Gasteiger partial charge in [-0.15, -0.1) is 0 Å². The van der Waals surface area contributed by atoms with Gasteiger partial charge in [0, 0.05) is 12.8 Å². The van der Waals surface area contributed by atoms with Crippen LogP contribution in [0.4, 0.5) is 5.69 Å². The second-order valence-corrected chi connectivity index (χ2v) is 3.53. The van der Waals surface area contributed by atoms with Gasteiger partial charge in [-0.2, -0.15) is 0 Å². The number of hydrogen-bond acceptors (Lipinski definition) is 3. The van der Waals surface area contributed by atoms with Crippen LogP contribution in [0.2, 0.25) is 0 Å². The zero-order valence-electron chi connectivity index (χ0n) is 9.53. The quantitative estimate of drug-likeness (QED) is 0.759. The fourth-order valence-electron chi connectivity index (χ4n) is 1.34. The molecule has 1 rings (SSSR count). The Bertz CT molecular complexity index is 322. The van der Waals surface area contributed by atoms with Gasteiger partial charge < -0.3 is 15.8 Å². The predicted molar refractivity (Wildman–Crippen MR) is 64.3 cm³/mol. The SMILES string of the molecule is COCCC(=O)Nc1ccc(CCN)cc1. The fraction of sp³-hybridized carbons (Fsp3) is 0.417. The second-order valence-electron chi connectivity index (χ2n) is 3.53. The van der Waals surface area contributed by atoms with Gasteiger partial charge in [-0.3, -0.25) is 4.79 Å². The number of carbonyl (C=O) groups excluding carboxylic acids is 1. The molecule has 1 aromatic rings. The monoisotopic (exact) mass is 222 g/mol. The zero-order chi connectivity index (χ0) is 11.8. The van der Waals surface area contributed by atoms with E-state index in [4.69, 9.17) is 10.5 Å². The lowest BCUT2D eigenvalue weighted by atomic mass is 10.1. The Hall–Kier alpha value is -1.39. The number of benzene rings is 1. The molecule has 0 saturated heterocycles. The number of methoxy groups -OCH3 is 1. The predicted octanol–water partition coefficient (Wildman–Crippen LogP) is 1.16. The first-order valence-corrected chi connectivity index (χ1v) is 5.34. The average Bonchev–Trinajstić information content (AvgIpc) is 2.29. The molecule has 3 N–H and O–H groups in total. The summed E-state index contributed by atoms with van der Waals surface area (Å²) in [5.41, 5.74) is 7.44.